The van der Waals surface area contributed by atoms with Crippen molar-refractivity contribution in [2.24, 2.45) is 17.8 Å². The van der Waals surface area contributed by atoms with Gasteiger partial charge in [-0.15, -0.1) is 11.8 Å². The number of likely N-dealkylation sites (tertiary alicyclic amines) is 1. The lowest BCUT2D eigenvalue weighted by atomic mass is 9.78. The third kappa shape index (κ3) is 3.75. The van der Waals surface area contributed by atoms with Crippen molar-refractivity contribution in [3.8, 4) is 5.75 Å². The maximum atomic E-state index is 14.4. The molecular weight excluding hydrogens is 480 g/mol. The van der Waals surface area contributed by atoms with Gasteiger partial charge in [-0.2, -0.15) is 0 Å². The minimum absolute atomic E-state index is 0.0886. The molecule has 9 heteroatoms. The Labute approximate surface area is 215 Å². The van der Waals surface area contributed by atoms with Gasteiger partial charge in [0.25, 0.3) is 5.91 Å². The first-order valence-electron chi connectivity index (χ1n) is 12.4. The van der Waals surface area contributed by atoms with Gasteiger partial charge in [-0.25, -0.2) is 0 Å². The fourth-order valence-electron chi connectivity index (χ4n) is 6.02. The molecule has 1 N–H and O–H groups in total. The lowest BCUT2D eigenvalue weighted by molar-refractivity contribution is -0.153. The first kappa shape index (κ1) is 24.9. The van der Waals surface area contributed by atoms with Gasteiger partial charge < -0.3 is 24.4 Å². The number of methoxy groups -OCH3 is 1. The number of carbonyl (C=O) groups excluding carboxylic acids is 3. The summed E-state index contributed by atoms with van der Waals surface area (Å²) in [6, 6.07) is 5.81. The third-order valence-corrected chi connectivity index (χ3v) is 9.50. The Bertz CT molecular complexity index is 1100. The van der Waals surface area contributed by atoms with Crippen LogP contribution in [0.3, 0.4) is 0 Å². The molecule has 4 aliphatic heterocycles. The molecule has 2 saturated heterocycles. The van der Waals surface area contributed by atoms with Gasteiger partial charge in [-0.1, -0.05) is 38.2 Å². The van der Waals surface area contributed by atoms with Crippen molar-refractivity contribution in [2.75, 3.05) is 31.8 Å². The van der Waals surface area contributed by atoms with Crippen LogP contribution in [-0.2, 0) is 19.1 Å². The lowest BCUT2D eigenvalue weighted by Gasteiger charge is -2.39. The normalized spacial score (nSPS) is 32.4. The van der Waals surface area contributed by atoms with E-state index in [1.807, 2.05) is 50.3 Å². The molecule has 1 unspecified atom stereocenters. The number of esters is 1. The van der Waals surface area contributed by atoms with Crippen LogP contribution in [0.15, 0.2) is 48.6 Å². The molecule has 192 valence electrons. The number of hydrogen-bond donors (Lipinski definition) is 1. The second-order valence-corrected chi connectivity index (χ2v) is 11.5. The molecule has 1 aromatic carbocycles. The Kier molecular flexibility index (Phi) is 6.63. The summed E-state index contributed by atoms with van der Waals surface area (Å²) < 4.78 is 9.84. The number of nitrogens with zero attached hydrogens (tertiary/aromatic N) is 2. The van der Waals surface area contributed by atoms with E-state index in [-0.39, 0.29) is 36.2 Å². The predicted octanol–water partition coefficient (Wildman–Crippen LogP) is 2.42. The molecule has 8 nitrogen and oxygen atoms in total. The molecular formula is C27H32N2O6S. The smallest absolute Gasteiger partial charge is 0.311 e. The number of carbonyl (C=O) groups is 3. The van der Waals surface area contributed by atoms with E-state index in [9.17, 15) is 19.5 Å². The van der Waals surface area contributed by atoms with E-state index in [0.29, 0.717) is 24.4 Å². The van der Waals surface area contributed by atoms with E-state index in [1.165, 1.54) is 11.8 Å². The second-order valence-electron chi connectivity index (χ2n) is 10.0. The number of amides is 2. The van der Waals surface area contributed by atoms with Crippen LogP contribution in [0.1, 0.15) is 20.3 Å². The van der Waals surface area contributed by atoms with Crippen molar-refractivity contribution in [3.05, 3.63) is 48.6 Å². The van der Waals surface area contributed by atoms with Crippen molar-refractivity contribution in [1.82, 2.24) is 4.90 Å². The minimum Gasteiger partial charge on any atom is -0.497 e. The summed E-state index contributed by atoms with van der Waals surface area (Å²) in [4.78, 5) is 45.0. The number of ether oxygens (including phenoxy) is 2. The van der Waals surface area contributed by atoms with Crippen LogP contribution in [0.25, 0.3) is 0 Å². The molecule has 4 heterocycles. The molecule has 2 fully saturated rings. The molecule has 0 aliphatic carbocycles. The zero-order chi connectivity index (χ0) is 25.6. The van der Waals surface area contributed by atoms with Gasteiger partial charge >= 0.3 is 5.97 Å². The monoisotopic (exact) mass is 512 g/mol. The van der Waals surface area contributed by atoms with Crippen molar-refractivity contribution in [1.29, 1.82) is 0 Å². The molecule has 2 amide bonds. The number of anilines is 1. The fraction of sp³-hybridized carbons (Fsp3) is 0.519. The van der Waals surface area contributed by atoms with Crippen molar-refractivity contribution < 1.29 is 29.0 Å². The van der Waals surface area contributed by atoms with Crippen molar-refractivity contribution >= 4 is 35.2 Å². The first-order chi connectivity index (χ1) is 17.3. The van der Waals surface area contributed by atoms with Crippen LogP contribution in [0.2, 0.25) is 0 Å². The summed E-state index contributed by atoms with van der Waals surface area (Å²) in [5.74, 6) is -1.74. The zero-order valence-electron chi connectivity index (χ0n) is 20.7. The van der Waals surface area contributed by atoms with Crippen molar-refractivity contribution in [2.45, 2.75) is 42.3 Å². The molecule has 1 spiro atoms. The number of aliphatic hydroxyl groups excluding tert-OH is 1. The van der Waals surface area contributed by atoms with Gasteiger partial charge in [0.2, 0.25) is 5.91 Å². The average molecular weight is 513 g/mol. The highest BCUT2D eigenvalue weighted by atomic mass is 32.2. The van der Waals surface area contributed by atoms with Gasteiger partial charge in [-0.3, -0.25) is 14.4 Å². The predicted molar refractivity (Wildman–Crippen MR) is 137 cm³/mol. The quantitative estimate of drug-likeness (QED) is 0.478. The van der Waals surface area contributed by atoms with Crippen LogP contribution >= 0.6 is 11.8 Å². The fourth-order valence-corrected chi connectivity index (χ4v) is 8.01. The topological polar surface area (TPSA) is 96.4 Å². The zero-order valence-corrected chi connectivity index (χ0v) is 21.5. The summed E-state index contributed by atoms with van der Waals surface area (Å²) in [5, 5.41) is 10.1. The Balaban J connectivity index is 1.64. The Morgan fingerprint density at radius 3 is 2.58 bits per heavy atom. The Hall–Kier alpha value is -2.78. The van der Waals surface area contributed by atoms with Crippen LogP contribution in [0.4, 0.5) is 5.69 Å². The summed E-state index contributed by atoms with van der Waals surface area (Å²) in [5.41, 5.74) is 0.691. The molecule has 0 bridgehead atoms. The number of cyclic esters (lactones) is 1. The molecule has 4 aliphatic rings. The largest absolute Gasteiger partial charge is 0.497 e. The summed E-state index contributed by atoms with van der Waals surface area (Å²) in [6.07, 6.45) is 8.50. The van der Waals surface area contributed by atoms with E-state index in [1.54, 1.807) is 29.0 Å². The number of aliphatic hydroxyl groups is 1. The van der Waals surface area contributed by atoms with E-state index in [0.717, 1.165) is 0 Å². The molecule has 0 radical (unpaired) electrons. The highest BCUT2D eigenvalue weighted by Gasteiger charge is 2.71. The summed E-state index contributed by atoms with van der Waals surface area (Å²) in [7, 11) is 1.59. The number of rotatable bonds is 5. The van der Waals surface area contributed by atoms with Gasteiger partial charge in [0.05, 0.1) is 42.9 Å². The van der Waals surface area contributed by atoms with E-state index in [4.69, 9.17) is 9.47 Å². The Morgan fingerprint density at radius 1 is 1.17 bits per heavy atom. The van der Waals surface area contributed by atoms with Crippen LogP contribution < -0.4 is 9.64 Å². The maximum absolute atomic E-state index is 14.4. The van der Waals surface area contributed by atoms with Crippen molar-refractivity contribution in [3.63, 3.8) is 0 Å². The van der Waals surface area contributed by atoms with Crippen LogP contribution in [-0.4, -0.2) is 76.7 Å². The number of fused-ring (bicyclic) bond motifs is 2. The number of thioether (sulfide) groups is 1. The summed E-state index contributed by atoms with van der Waals surface area (Å²) in [6.45, 7) is 4.19. The van der Waals surface area contributed by atoms with Crippen LogP contribution in [0.5, 0.6) is 5.75 Å². The van der Waals surface area contributed by atoms with E-state index >= 15 is 0 Å². The molecule has 6 atom stereocenters. The third-order valence-electron chi connectivity index (χ3n) is 7.76. The Morgan fingerprint density at radius 2 is 1.92 bits per heavy atom. The molecule has 5 rings (SSSR count). The van der Waals surface area contributed by atoms with Gasteiger partial charge in [0, 0.05) is 17.5 Å². The number of benzene rings is 1. The minimum atomic E-state index is -0.944. The standard InChI is InChI=1S/C27H32N2O6S/c1-16(2)19(15-30)29-23-25(32)28(17-8-10-18(34-3)11-9-17)13-6-12-27(23)22(24(29)31)21-20(36-27)7-4-5-14-35-26(21)33/h4,6-12,16,19-23,30H,5,13-15H2,1-3H3/t19-,20+,21-,22-,23?,27-/m0/s1. The first-order valence-corrected chi connectivity index (χ1v) is 13.3. The van der Waals surface area contributed by atoms with E-state index in [2.05, 4.69) is 0 Å². The maximum Gasteiger partial charge on any atom is 0.311 e. The van der Waals surface area contributed by atoms with Gasteiger partial charge in [0.15, 0.2) is 0 Å². The number of hydrogen-bond acceptors (Lipinski definition) is 7. The molecule has 0 saturated carbocycles. The molecule has 0 aromatic heterocycles. The SMILES string of the molecule is COc1ccc(N2CC=C[C@]34S[C@@H]5C=CCCOC(=O)[C@@H]5[C@H]3C(=O)N([C@@H](CO)C(C)C)C4C2=O)cc1. The second kappa shape index (κ2) is 9.59. The lowest BCUT2D eigenvalue weighted by Crippen LogP contribution is -2.57. The van der Waals surface area contributed by atoms with Gasteiger partial charge in [-0.05, 0) is 36.6 Å². The molecule has 36 heavy (non-hydrogen) atoms. The van der Waals surface area contributed by atoms with Crippen LogP contribution in [0, 0.1) is 17.8 Å². The highest BCUT2D eigenvalue weighted by Crippen LogP contribution is 2.61. The summed E-state index contributed by atoms with van der Waals surface area (Å²) >= 11 is 1.50. The molecule has 1 aromatic rings. The highest BCUT2D eigenvalue weighted by molar-refractivity contribution is 8.02. The van der Waals surface area contributed by atoms with E-state index < -0.39 is 34.6 Å². The van der Waals surface area contributed by atoms with Gasteiger partial charge in [0.1, 0.15) is 11.8 Å². The average Bonchev–Trinajstić information content (AvgIpc) is 3.23.